The molecule has 2 rings (SSSR count). The quantitative estimate of drug-likeness (QED) is 0.796. The number of carbonyl (C=O) groups excluding carboxylic acids is 2. The van der Waals surface area contributed by atoms with Gasteiger partial charge in [-0.2, -0.15) is 0 Å². The van der Waals surface area contributed by atoms with Crippen molar-refractivity contribution in [2.24, 2.45) is 0 Å². The van der Waals surface area contributed by atoms with Crippen molar-refractivity contribution in [1.29, 1.82) is 0 Å². The van der Waals surface area contributed by atoms with Crippen molar-refractivity contribution in [1.82, 2.24) is 0 Å². The number of nitrogens with zero attached hydrogens (tertiary/aromatic N) is 1. The Balaban J connectivity index is 2.04. The molecule has 132 valence electrons. The Hall–Kier alpha value is -2.04. The van der Waals surface area contributed by atoms with Crippen molar-refractivity contribution >= 4 is 46.4 Å². The van der Waals surface area contributed by atoms with E-state index in [0.717, 1.165) is 16.8 Å². The van der Waals surface area contributed by atoms with Crippen LogP contribution in [0.15, 0.2) is 36.4 Å². The average Bonchev–Trinajstić information content (AvgIpc) is 2.49. The Kier molecular flexibility index (Phi) is 6.45. The van der Waals surface area contributed by atoms with E-state index in [-0.39, 0.29) is 24.8 Å². The van der Waals surface area contributed by atoms with E-state index < -0.39 is 0 Å². The Labute approximate surface area is 157 Å². The number of rotatable bonds is 5. The third-order valence-corrected chi connectivity index (χ3v) is 4.33. The summed E-state index contributed by atoms with van der Waals surface area (Å²) in [5, 5.41) is 3.64. The summed E-state index contributed by atoms with van der Waals surface area (Å²) in [4.78, 5) is 25.7. The zero-order valence-electron chi connectivity index (χ0n) is 14.4. The van der Waals surface area contributed by atoms with Gasteiger partial charge in [0.2, 0.25) is 11.8 Å². The first-order valence-electron chi connectivity index (χ1n) is 7.87. The van der Waals surface area contributed by atoms with Gasteiger partial charge in [-0.1, -0.05) is 29.3 Å². The lowest BCUT2D eigenvalue weighted by atomic mass is 10.1. The maximum atomic E-state index is 12.2. The van der Waals surface area contributed by atoms with Crippen LogP contribution < -0.4 is 10.2 Å². The SMILES string of the molecule is CC(=O)N(CCC(=O)Nc1cc(Cl)cc(Cl)c1)c1ccc(C)c(C)c1. The normalized spacial score (nSPS) is 10.4. The second-order valence-electron chi connectivity index (χ2n) is 5.90. The molecule has 0 bridgehead atoms. The molecule has 6 heteroatoms. The number of benzene rings is 2. The van der Waals surface area contributed by atoms with Gasteiger partial charge >= 0.3 is 0 Å². The number of hydrogen-bond acceptors (Lipinski definition) is 2. The van der Waals surface area contributed by atoms with Crippen LogP contribution in [0.25, 0.3) is 0 Å². The van der Waals surface area contributed by atoms with E-state index in [1.54, 1.807) is 23.1 Å². The van der Waals surface area contributed by atoms with Gasteiger partial charge in [-0.15, -0.1) is 0 Å². The van der Waals surface area contributed by atoms with E-state index in [1.807, 2.05) is 32.0 Å². The van der Waals surface area contributed by atoms with Crippen LogP contribution in [0.5, 0.6) is 0 Å². The van der Waals surface area contributed by atoms with E-state index >= 15 is 0 Å². The molecule has 2 amide bonds. The van der Waals surface area contributed by atoms with Gasteiger partial charge in [-0.05, 0) is 55.3 Å². The number of nitrogens with one attached hydrogen (secondary N) is 1. The van der Waals surface area contributed by atoms with Gasteiger partial charge in [0.1, 0.15) is 0 Å². The second-order valence-corrected chi connectivity index (χ2v) is 6.77. The smallest absolute Gasteiger partial charge is 0.226 e. The van der Waals surface area contributed by atoms with Crippen LogP contribution >= 0.6 is 23.2 Å². The molecule has 0 atom stereocenters. The van der Waals surface area contributed by atoms with E-state index in [4.69, 9.17) is 23.2 Å². The van der Waals surface area contributed by atoms with E-state index in [2.05, 4.69) is 5.32 Å². The molecule has 0 aliphatic heterocycles. The van der Waals surface area contributed by atoms with Gasteiger partial charge in [-0.3, -0.25) is 9.59 Å². The van der Waals surface area contributed by atoms with Crippen molar-refractivity contribution < 1.29 is 9.59 Å². The molecule has 0 aliphatic carbocycles. The first-order chi connectivity index (χ1) is 11.8. The Bertz CT molecular complexity index is 786. The summed E-state index contributed by atoms with van der Waals surface area (Å²) in [5.74, 6) is -0.324. The van der Waals surface area contributed by atoms with Crippen LogP contribution in [-0.4, -0.2) is 18.4 Å². The monoisotopic (exact) mass is 378 g/mol. The standard InChI is InChI=1S/C19H20Cl2N2O2/c1-12-4-5-18(8-13(12)2)23(14(3)24)7-6-19(25)22-17-10-15(20)9-16(21)11-17/h4-5,8-11H,6-7H2,1-3H3,(H,22,25). The lowest BCUT2D eigenvalue weighted by molar-refractivity contribution is -0.117. The number of amides is 2. The molecule has 2 aromatic rings. The molecule has 1 N–H and O–H groups in total. The molecular weight excluding hydrogens is 359 g/mol. The van der Waals surface area contributed by atoms with Gasteiger partial charge in [0, 0.05) is 41.3 Å². The van der Waals surface area contributed by atoms with Crippen LogP contribution in [0, 0.1) is 13.8 Å². The average molecular weight is 379 g/mol. The van der Waals surface area contributed by atoms with Gasteiger partial charge in [0.25, 0.3) is 0 Å². The minimum Gasteiger partial charge on any atom is -0.326 e. The lowest BCUT2D eigenvalue weighted by Gasteiger charge is -2.22. The molecule has 0 spiro atoms. The third-order valence-electron chi connectivity index (χ3n) is 3.89. The summed E-state index contributed by atoms with van der Waals surface area (Å²) in [5.41, 5.74) is 3.57. The van der Waals surface area contributed by atoms with Crippen LogP contribution in [0.4, 0.5) is 11.4 Å². The molecule has 0 saturated carbocycles. The predicted molar refractivity (Wildman–Crippen MR) is 104 cm³/mol. The summed E-state index contributed by atoms with van der Waals surface area (Å²) in [6, 6.07) is 10.6. The highest BCUT2D eigenvalue weighted by atomic mass is 35.5. The highest BCUT2D eigenvalue weighted by molar-refractivity contribution is 6.35. The van der Waals surface area contributed by atoms with E-state index in [1.165, 1.54) is 6.92 Å². The Morgan fingerprint density at radius 2 is 1.64 bits per heavy atom. The lowest BCUT2D eigenvalue weighted by Crippen LogP contribution is -2.32. The summed E-state index contributed by atoms with van der Waals surface area (Å²) >= 11 is 11.8. The molecule has 0 aromatic heterocycles. The molecule has 2 aromatic carbocycles. The predicted octanol–water partition coefficient (Wildman–Crippen LogP) is 4.99. The van der Waals surface area contributed by atoms with Gasteiger partial charge in [-0.25, -0.2) is 0 Å². The molecular formula is C19H20Cl2N2O2. The zero-order valence-corrected chi connectivity index (χ0v) is 15.9. The summed E-state index contributed by atoms with van der Waals surface area (Å²) in [7, 11) is 0. The molecule has 0 saturated heterocycles. The maximum Gasteiger partial charge on any atom is 0.226 e. The Morgan fingerprint density at radius 3 is 2.20 bits per heavy atom. The number of aryl methyl sites for hydroxylation is 2. The molecule has 0 radical (unpaired) electrons. The molecule has 25 heavy (non-hydrogen) atoms. The summed E-state index contributed by atoms with van der Waals surface area (Å²) in [6.45, 7) is 5.79. The van der Waals surface area contributed by atoms with Gasteiger partial charge in [0.05, 0.1) is 0 Å². The van der Waals surface area contributed by atoms with Crippen molar-refractivity contribution in [3.63, 3.8) is 0 Å². The topological polar surface area (TPSA) is 49.4 Å². The fourth-order valence-electron chi connectivity index (χ4n) is 2.42. The number of halogens is 2. The van der Waals surface area contributed by atoms with Crippen LogP contribution in [0.2, 0.25) is 10.0 Å². The first kappa shape index (κ1) is 19.3. The number of hydrogen-bond donors (Lipinski definition) is 1. The molecule has 4 nitrogen and oxygen atoms in total. The minimum atomic E-state index is -0.214. The van der Waals surface area contributed by atoms with Crippen molar-refractivity contribution in [3.05, 3.63) is 57.6 Å². The highest BCUT2D eigenvalue weighted by Crippen LogP contribution is 2.23. The molecule has 0 aliphatic rings. The summed E-state index contributed by atoms with van der Waals surface area (Å²) in [6.07, 6.45) is 0.163. The van der Waals surface area contributed by atoms with E-state index in [9.17, 15) is 9.59 Å². The zero-order chi connectivity index (χ0) is 18.6. The Morgan fingerprint density at radius 1 is 1.00 bits per heavy atom. The largest absolute Gasteiger partial charge is 0.326 e. The molecule has 0 heterocycles. The van der Waals surface area contributed by atoms with Crippen LogP contribution in [0.1, 0.15) is 24.5 Å². The molecule has 0 unspecified atom stereocenters. The third kappa shape index (κ3) is 5.48. The number of anilines is 2. The van der Waals surface area contributed by atoms with Crippen LogP contribution in [0.3, 0.4) is 0 Å². The first-order valence-corrected chi connectivity index (χ1v) is 8.63. The minimum absolute atomic E-state index is 0.109. The van der Waals surface area contributed by atoms with E-state index in [0.29, 0.717) is 15.7 Å². The van der Waals surface area contributed by atoms with Gasteiger partial charge < -0.3 is 10.2 Å². The van der Waals surface area contributed by atoms with Crippen molar-refractivity contribution in [2.45, 2.75) is 27.2 Å². The van der Waals surface area contributed by atoms with Gasteiger partial charge in [0.15, 0.2) is 0 Å². The van der Waals surface area contributed by atoms with Crippen molar-refractivity contribution in [3.8, 4) is 0 Å². The van der Waals surface area contributed by atoms with Crippen molar-refractivity contribution in [2.75, 3.05) is 16.8 Å². The highest BCUT2D eigenvalue weighted by Gasteiger charge is 2.14. The second kappa shape index (κ2) is 8.37. The fraction of sp³-hybridized carbons (Fsp3) is 0.263. The maximum absolute atomic E-state index is 12.2. The molecule has 0 fully saturated rings. The summed E-state index contributed by atoms with van der Waals surface area (Å²) < 4.78 is 0. The fourth-order valence-corrected chi connectivity index (χ4v) is 2.95. The van der Waals surface area contributed by atoms with Crippen LogP contribution in [-0.2, 0) is 9.59 Å². The number of carbonyl (C=O) groups is 2.